The van der Waals surface area contributed by atoms with Crippen molar-refractivity contribution in [3.05, 3.63) is 76.7 Å². The summed E-state index contributed by atoms with van der Waals surface area (Å²) < 4.78 is 0. The van der Waals surface area contributed by atoms with Crippen molar-refractivity contribution in [2.45, 2.75) is 12.1 Å². The maximum Gasteiger partial charge on any atom is 0.174 e. The average molecular weight is 381 g/mol. The second-order valence-electron chi connectivity index (χ2n) is 6.42. The van der Waals surface area contributed by atoms with E-state index in [0.717, 1.165) is 16.5 Å². The number of aromatic nitrogens is 1. The normalized spacial score (nSPS) is 19.5. The Kier molecular flexibility index (Phi) is 4.61. The molecule has 26 heavy (non-hydrogen) atoms. The fraction of sp³-hybridized carbons (Fsp3) is 0.200. The quantitative estimate of drug-likeness (QED) is 0.679. The molecular formula is C20H20N4S2. The molecule has 1 aliphatic rings. The van der Waals surface area contributed by atoms with Crippen LogP contribution in [0.2, 0.25) is 0 Å². The van der Waals surface area contributed by atoms with Crippen LogP contribution in [0.1, 0.15) is 22.7 Å². The maximum absolute atomic E-state index is 5.72. The highest BCUT2D eigenvalue weighted by Crippen LogP contribution is 2.43. The van der Waals surface area contributed by atoms with Crippen molar-refractivity contribution in [1.29, 1.82) is 0 Å². The number of pyridine rings is 1. The molecule has 0 spiro atoms. The SMILES string of the molecule is CN(C)c1ccc(N2C(=S)N[C@@H](c3ccccn3)[C@@H]2c2cccs2)cc1. The molecule has 132 valence electrons. The van der Waals surface area contributed by atoms with E-state index in [1.165, 1.54) is 10.6 Å². The zero-order chi connectivity index (χ0) is 18.1. The van der Waals surface area contributed by atoms with Gasteiger partial charge in [0, 0.05) is 36.5 Å². The van der Waals surface area contributed by atoms with Gasteiger partial charge in [-0.25, -0.2) is 0 Å². The smallest absolute Gasteiger partial charge is 0.174 e. The summed E-state index contributed by atoms with van der Waals surface area (Å²) in [7, 11) is 4.09. The van der Waals surface area contributed by atoms with Crippen molar-refractivity contribution in [3.63, 3.8) is 0 Å². The van der Waals surface area contributed by atoms with Gasteiger partial charge in [-0.15, -0.1) is 11.3 Å². The highest BCUT2D eigenvalue weighted by molar-refractivity contribution is 7.80. The van der Waals surface area contributed by atoms with E-state index in [1.807, 2.05) is 32.4 Å². The molecule has 6 heteroatoms. The molecule has 0 radical (unpaired) electrons. The first kappa shape index (κ1) is 17.0. The molecule has 4 nitrogen and oxygen atoms in total. The molecule has 0 unspecified atom stereocenters. The molecule has 1 fully saturated rings. The van der Waals surface area contributed by atoms with E-state index in [2.05, 4.69) is 67.9 Å². The van der Waals surface area contributed by atoms with Crippen LogP contribution in [-0.4, -0.2) is 24.2 Å². The molecule has 0 amide bonds. The number of nitrogens with zero attached hydrogens (tertiary/aromatic N) is 3. The summed E-state index contributed by atoms with van der Waals surface area (Å²) in [5.74, 6) is 0. The number of thiocarbonyl (C=S) groups is 1. The van der Waals surface area contributed by atoms with Gasteiger partial charge in [-0.05, 0) is 60.1 Å². The summed E-state index contributed by atoms with van der Waals surface area (Å²) in [6, 6.07) is 18.9. The fourth-order valence-electron chi connectivity index (χ4n) is 3.29. The van der Waals surface area contributed by atoms with Gasteiger partial charge in [0.15, 0.2) is 5.11 Å². The Labute approximate surface area is 163 Å². The predicted molar refractivity (Wildman–Crippen MR) is 113 cm³/mol. The molecule has 1 N–H and O–H groups in total. The topological polar surface area (TPSA) is 31.4 Å². The molecule has 1 saturated heterocycles. The Morgan fingerprint density at radius 2 is 1.88 bits per heavy atom. The highest BCUT2D eigenvalue weighted by Gasteiger charge is 2.41. The van der Waals surface area contributed by atoms with E-state index in [1.54, 1.807) is 11.3 Å². The lowest BCUT2D eigenvalue weighted by molar-refractivity contribution is 0.575. The molecule has 4 rings (SSSR count). The van der Waals surface area contributed by atoms with Gasteiger partial charge in [-0.1, -0.05) is 12.1 Å². The minimum absolute atomic E-state index is 0.0240. The van der Waals surface area contributed by atoms with Crippen LogP contribution in [0.5, 0.6) is 0 Å². The van der Waals surface area contributed by atoms with Crippen LogP contribution in [0.4, 0.5) is 11.4 Å². The fourth-order valence-corrected chi connectivity index (χ4v) is 4.49. The minimum atomic E-state index is 0.0240. The van der Waals surface area contributed by atoms with Crippen LogP contribution < -0.4 is 15.1 Å². The van der Waals surface area contributed by atoms with Crippen LogP contribution in [-0.2, 0) is 0 Å². The molecule has 0 bridgehead atoms. The lowest BCUT2D eigenvalue weighted by Crippen LogP contribution is -2.29. The van der Waals surface area contributed by atoms with Crippen molar-refractivity contribution in [2.24, 2.45) is 0 Å². The standard InChI is InChI=1S/C20H20N4S2/c1-23(2)14-8-10-15(11-9-14)24-19(17-7-5-13-26-17)18(22-20(24)25)16-6-3-4-12-21-16/h3-13,18-19H,1-2H3,(H,22,25)/t18-,19-/m0/s1. The Morgan fingerprint density at radius 3 is 2.50 bits per heavy atom. The predicted octanol–water partition coefficient (Wildman–Crippen LogP) is 4.39. The van der Waals surface area contributed by atoms with Crippen LogP contribution in [0.25, 0.3) is 0 Å². The Bertz CT molecular complexity index is 876. The third-order valence-electron chi connectivity index (χ3n) is 4.58. The third kappa shape index (κ3) is 3.06. The number of hydrogen-bond donors (Lipinski definition) is 1. The third-order valence-corrected chi connectivity index (χ3v) is 5.83. The van der Waals surface area contributed by atoms with Crippen LogP contribution in [0.3, 0.4) is 0 Å². The van der Waals surface area contributed by atoms with E-state index >= 15 is 0 Å². The summed E-state index contributed by atoms with van der Waals surface area (Å²) in [6.07, 6.45) is 1.83. The van der Waals surface area contributed by atoms with Gasteiger partial charge in [-0.3, -0.25) is 4.98 Å². The number of anilines is 2. The molecule has 3 heterocycles. The van der Waals surface area contributed by atoms with E-state index < -0.39 is 0 Å². The van der Waals surface area contributed by atoms with Gasteiger partial charge in [-0.2, -0.15) is 0 Å². The number of nitrogens with one attached hydrogen (secondary N) is 1. The number of hydrogen-bond acceptors (Lipinski definition) is 4. The summed E-state index contributed by atoms with van der Waals surface area (Å²) >= 11 is 7.47. The molecule has 0 saturated carbocycles. The first-order valence-electron chi connectivity index (χ1n) is 8.46. The molecule has 2 atom stereocenters. The van der Waals surface area contributed by atoms with Crippen molar-refractivity contribution >= 4 is 40.0 Å². The molecule has 1 aliphatic heterocycles. The number of benzene rings is 1. The number of thiophene rings is 1. The Hall–Kier alpha value is -2.44. The van der Waals surface area contributed by atoms with Gasteiger partial charge in [0.05, 0.1) is 17.8 Å². The van der Waals surface area contributed by atoms with Crippen molar-refractivity contribution in [2.75, 3.05) is 23.9 Å². The average Bonchev–Trinajstić information content (AvgIpc) is 3.30. The van der Waals surface area contributed by atoms with E-state index in [9.17, 15) is 0 Å². The molecule has 1 aromatic carbocycles. The van der Waals surface area contributed by atoms with E-state index in [4.69, 9.17) is 12.2 Å². The van der Waals surface area contributed by atoms with Crippen LogP contribution >= 0.6 is 23.6 Å². The van der Waals surface area contributed by atoms with Crippen LogP contribution in [0.15, 0.2) is 66.2 Å². The Morgan fingerprint density at radius 1 is 1.08 bits per heavy atom. The minimum Gasteiger partial charge on any atom is -0.378 e. The van der Waals surface area contributed by atoms with Crippen molar-refractivity contribution in [1.82, 2.24) is 10.3 Å². The van der Waals surface area contributed by atoms with Crippen molar-refractivity contribution in [3.8, 4) is 0 Å². The second-order valence-corrected chi connectivity index (χ2v) is 7.79. The zero-order valence-corrected chi connectivity index (χ0v) is 16.3. The first-order chi connectivity index (χ1) is 12.6. The van der Waals surface area contributed by atoms with Crippen LogP contribution in [0, 0.1) is 0 Å². The van der Waals surface area contributed by atoms with Gasteiger partial charge in [0.1, 0.15) is 0 Å². The monoisotopic (exact) mass is 380 g/mol. The molecule has 0 aliphatic carbocycles. The maximum atomic E-state index is 5.72. The Balaban J connectivity index is 1.76. The molecular weight excluding hydrogens is 360 g/mol. The molecule has 3 aromatic rings. The first-order valence-corrected chi connectivity index (χ1v) is 9.75. The molecule has 2 aromatic heterocycles. The van der Waals surface area contributed by atoms with E-state index in [-0.39, 0.29) is 12.1 Å². The van der Waals surface area contributed by atoms with Gasteiger partial charge in [0.2, 0.25) is 0 Å². The largest absolute Gasteiger partial charge is 0.378 e. The lowest BCUT2D eigenvalue weighted by atomic mass is 10.0. The summed E-state index contributed by atoms with van der Waals surface area (Å²) in [6.45, 7) is 0. The van der Waals surface area contributed by atoms with Gasteiger partial charge in [0.25, 0.3) is 0 Å². The number of rotatable bonds is 4. The van der Waals surface area contributed by atoms with Crippen molar-refractivity contribution < 1.29 is 0 Å². The summed E-state index contributed by atoms with van der Waals surface area (Å²) in [4.78, 5) is 10.1. The second kappa shape index (κ2) is 7.05. The zero-order valence-electron chi connectivity index (χ0n) is 14.7. The van der Waals surface area contributed by atoms with Gasteiger partial charge < -0.3 is 15.1 Å². The lowest BCUT2D eigenvalue weighted by Gasteiger charge is -2.27. The van der Waals surface area contributed by atoms with Gasteiger partial charge >= 0.3 is 0 Å². The summed E-state index contributed by atoms with van der Waals surface area (Å²) in [5, 5.41) is 6.33. The highest BCUT2D eigenvalue weighted by atomic mass is 32.1. The van der Waals surface area contributed by atoms with E-state index in [0.29, 0.717) is 0 Å². The summed E-state index contributed by atoms with van der Waals surface area (Å²) in [5.41, 5.74) is 3.26.